The van der Waals surface area contributed by atoms with Crippen molar-refractivity contribution in [3.63, 3.8) is 0 Å². The third kappa shape index (κ3) is 3.98. The van der Waals surface area contributed by atoms with Crippen LogP contribution < -0.4 is 0 Å². The Kier molecular flexibility index (Phi) is 4.45. The molecule has 0 radical (unpaired) electrons. The van der Waals surface area contributed by atoms with Crippen LogP contribution in [-0.2, 0) is 11.2 Å². The maximum Gasteiger partial charge on any atom is 0.347 e. The van der Waals surface area contributed by atoms with Crippen LogP contribution >= 0.6 is 34.4 Å². The lowest BCUT2D eigenvalue weighted by atomic mass is 10.3. The Hall–Kier alpha value is -1.52. The van der Waals surface area contributed by atoms with E-state index in [1.807, 2.05) is 0 Å². The van der Waals surface area contributed by atoms with Crippen molar-refractivity contribution in [2.24, 2.45) is 0 Å². The topological polar surface area (TPSA) is 113 Å². The molecule has 2 aromatic rings. The van der Waals surface area contributed by atoms with Crippen molar-refractivity contribution >= 4 is 46.4 Å². The highest BCUT2D eigenvalue weighted by Gasteiger charge is 2.12. The number of aryl methyl sites for hydroxylation is 1. The van der Waals surface area contributed by atoms with Gasteiger partial charge in [0.05, 0.1) is 12.6 Å². The maximum atomic E-state index is 10.7. The quantitative estimate of drug-likeness (QED) is 0.830. The normalized spacial score (nSPS) is 10.5. The molecule has 0 bridgehead atoms. The SMILES string of the molecule is O=C(O)CCc1nnc(Sc2ncc(C(=O)O)s2)s1. The molecule has 2 aromatic heterocycles. The van der Waals surface area contributed by atoms with E-state index in [2.05, 4.69) is 15.2 Å². The van der Waals surface area contributed by atoms with Crippen molar-refractivity contribution in [2.75, 3.05) is 0 Å². The van der Waals surface area contributed by atoms with Crippen molar-refractivity contribution in [3.05, 3.63) is 16.1 Å². The van der Waals surface area contributed by atoms with E-state index in [9.17, 15) is 9.59 Å². The smallest absolute Gasteiger partial charge is 0.347 e. The number of rotatable bonds is 6. The van der Waals surface area contributed by atoms with Crippen LogP contribution in [0.4, 0.5) is 0 Å². The van der Waals surface area contributed by atoms with E-state index in [-0.39, 0.29) is 11.3 Å². The standard InChI is InChI=1S/C9H7N3O4S3/c13-6(14)2-1-5-11-12-9(18-5)19-8-10-3-4(17-8)7(15)16/h3H,1-2H2,(H,13,14)(H,15,16). The van der Waals surface area contributed by atoms with Crippen LogP contribution in [0.3, 0.4) is 0 Å². The number of carboxylic acids is 2. The van der Waals surface area contributed by atoms with Gasteiger partial charge < -0.3 is 10.2 Å². The summed E-state index contributed by atoms with van der Waals surface area (Å²) in [5.74, 6) is -1.89. The second kappa shape index (κ2) is 6.08. The highest BCUT2D eigenvalue weighted by atomic mass is 32.2. The zero-order valence-electron chi connectivity index (χ0n) is 9.27. The summed E-state index contributed by atoms with van der Waals surface area (Å²) in [5, 5.41) is 25.7. The molecule has 10 heteroatoms. The summed E-state index contributed by atoms with van der Waals surface area (Å²) in [5.41, 5.74) is 0. The molecule has 0 fully saturated rings. The molecule has 0 saturated carbocycles. The molecule has 2 N–H and O–H groups in total. The largest absolute Gasteiger partial charge is 0.481 e. The Morgan fingerprint density at radius 2 is 2.00 bits per heavy atom. The molecule has 0 aliphatic heterocycles. The average Bonchev–Trinajstić information content (AvgIpc) is 2.96. The Bertz CT molecular complexity index is 609. The number of aromatic carboxylic acids is 1. The van der Waals surface area contributed by atoms with Gasteiger partial charge in [0.25, 0.3) is 0 Å². The van der Waals surface area contributed by atoms with Crippen molar-refractivity contribution in [3.8, 4) is 0 Å². The first-order valence-corrected chi connectivity index (χ1v) is 7.40. The minimum absolute atomic E-state index is 0.0136. The summed E-state index contributed by atoms with van der Waals surface area (Å²) in [4.78, 5) is 25.3. The van der Waals surface area contributed by atoms with E-state index in [4.69, 9.17) is 10.2 Å². The summed E-state index contributed by atoms with van der Waals surface area (Å²) in [6.45, 7) is 0. The average molecular weight is 317 g/mol. The lowest BCUT2D eigenvalue weighted by molar-refractivity contribution is -0.136. The number of aliphatic carboxylic acids is 1. The van der Waals surface area contributed by atoms with Gasteiger partial charge >= 0.3 is 11.9 Å². The Morgan fingerprint density at radius 3 is 2.63 bits per heavy atom. The van der Waals surface area contributed by atoms with Gasteiger partial charge in [0.2, 0.25) is 0 Å². The van der Waals surface area contributed by atoms with Gasteiger partial charge in [-0.25, -0.2) is 9.78 Å². The van der Waals surface area contributed by atoms with Gasteiger partial charge in [0.15, 0.2) is 8.68 Å². The third-order valence-electron chi connectivity index (χ3n) is 1.87. The first-order chi connectivity index (χ1) is 9.04. The number of hydrogen-bond donors (Lipinski definition) is 2. The fraction of sp³-hybridized carbons (Fsp3) is 0.222. The van der Waals surface area contributed by atoms with E-state index in [1.54, 1.807) is 0 Å². The van der Waals surface area contributed by atoms with E-state index in [0.717, 1.165) is 11.3 Å². The molecule has 0 saturated heterocycles. The molecule has 0 unspecified atom stereocenters. The monoisotopic (exact) mass is 317 g/mol. The lowest BCUT2D eigenvalue weighted by Crippen LogP contribution is -1.96. The number of nitrogens with zero attached hydrogens (tertiary/aromatic N) is 3. The second-order valence-corrected chi connectivity index (χ2v) is 6.84. The van der Waals surface area contributed by atoms with Gasteiger partial charge in [0.1, 0.15) is 9.88 Å². The Balaban J connectivity index is 1.98. The number of hydrogen-bond acceptors (Lipinski definition) is 8. The predicted molar refractivity (Wildman–Crippen MR) is 69.1 cm³/mol. The molecule has 0 atom stereocenters. The summed E-state index contributed by atoms with van der Waals surface area (Å²) >= 11 is 3.57. The maximum absolute atomic E-state index is 10.7. The fourth-order valence-corrected chi connectivity index (χ4v) is 3.99. The fourth-order valence-electron chi connectivity index (χ4n) is 1.07. The first-order valence-electron chi connectivity index (χ1n) is 4.96. The van der Waals surface area contributed by atoms with Crippen LogP contribution in [-0.4, -0.2) is 37.3 Å². The summed E-state index contributed by atoms with van der Waals surface area (Å²) in [7, 11) is 0. The van der Waals surface area contributed by atoms with Gasteiger partial charge in [-0.3, -0.25) is 4.79 Å². The molecule has 0 aliphatic rings. The minimum Gasteiger partial charge on any atom is -0.481 e. The van der Waals surface area contributed by atoms with Crippen molar-refractivity contribution < 1.29 is 19.8 Å². The van der Waals surface area contributed by atoms with Crippen molar-refractivity contribution in [1.82, 2.24) is 15.2 Å². The van der Waals surface area contributed by atoms with E-state index >= 15 is 0 Å². The number of carboxylic acid groups (broad SMARTS) is 2. The van der Waals surface area contributed by atoms with Crippen LogP contribution in [0.2, 0.25) is 0 Å². The van der Waals surface area contributed by atoms with Crippen LogP contribution in [0.15, 0.2) is 14.9 Å². The van der Waals surface area contributed by atoms with Crippen LogP contribution in [0.1, 0.15) is 21.1 Å². The van der Waals surface area contributed by atoms with Crippen LogP contribution in [0.25, 0.3) is 0 Å². The van der Waals surface area contributed by atoms with Gasteiger partial charge in [0, 0.05) is 6.42 Å². The third-order valence-corrected chi connectivity index (χ3v) is 4.96. The molecule has 0 spiro atoms. The minimum atomic E-state index is -1.01. The summed E-state index contributed by atoms with van der Waals surface area (Å²) in [6.07, 6.45) is 1.65. The number of aromatic nitrogens is 3. The van der Waals surface area contributed by atoms with Gasteiger partial charge in [-0.1, -0.05) is 11.3 Å². The number of carbonyl (C=O) groups is 2. The molecule has 100 valence electrons. The molecule has 0 aliphatic carbocycles. The highest BCUT2D eigenvalue weighted by Crippen LogP contribution is 2.33. The summed E-state index contributed by atoms with van der Waals surface area (Å²) < 4.78 is 1.19. The zero-order valence-corrected chi connectivity index (χ0v) is 11.7. The Labute approximate surface area is 119 Å². The zero-order chi connectivity index (χ0) is 13.8. The highest BCUT2D eigenvalue weighted by molar-refractivity contribution is 8.02. The van der Waals surface area contributed by atoms with Crippen LogP contribution in [0, 0.1) is 0 Å². The molecule has 2 rings (SSSR count). The molecule has 19 heavy (non-hydrogen) atoms. The van der Waals surface area contributed by atoms with E-state index in [1.165, 1.54) is 29.3 Å². The molecule has 2 heterocycles. The second-order valence-electron chi connectivity index (χ2n) is 3.25. The molecular weight excluding hydrogens is 310 g/mol. The first kappa shape index (κ1) is 13.9. The van der Waals surface area contributed by atoms with Gasteiger partial charge in [-0.05, 0) is 11.8 Å². The Morgan fingerprint density at radius 1 is 1.21 bits per heavy atom. The molecule has 0 amide bonds. The van der Waals surface area contributed by atoms with Crippen molar-refractivity contribution in [1.29, 1.82) is 0 Å². The molecule has 0 aromatic carbocycles. The lowest BCUT2D eigenvalue weighted by Gasteiger charge is -1.89. The van der Waals surface area contributed by atoms with Crippen LogP contribution in [0.5, 0.6) is 0 Å². The predicted octanol–water partition coefficient (Wildman–Crippen LogP) is 1.86. The van der Waals surface area contributed by atoms with Gasteiger partial charge in [-0.2, -0.15) is 0 Å². The van der Waals surface area contributed by atoms with E-state index < -0.39 is 11.9 Å². The van der Waals surface area contributed by atoms with E-state index in [0.29, 0.717) is 20.1 Å². The number of thiazole rings is 1. The summed E-state index contributed by atoms with van der Waals surface area (Å²) in [6, 6.07) is 0. The molecule has 7 nitrogen and oxygen atoms in total. The van der Waals surface area contributed by atoms with Gasteiger partial charge in [-0.15, -0.1) is 21.5 Å². The molecular formula is C9H7N3O4S3. The van der Waals surface area contributed by atoms with Crippen molar-refractivity contribution in [2.45, 2.75) is 21.5 Å².